The Morgan fingerprint density at radius 3 is 2.88 bits per heavy atom. The van der Waals surface area contributed by atoms with Gasteiger partial charge >= 0.3 is 0 Å². The topological polar surface area (TPSA) is 60.9 Å². The van der Waals surface area contributed by atoms with Gasteiger partial charge in [-0.25, -0.2) is 9.37 Å². The van der Waals surface area contributed by atoms with Gasteiger partial charge in [-0.15, -0.1) is 0 Å². The van der Waals surface area contributed by atoms with Crippen LogP contribution < -0.4 is 11.3 Å². The van der Waals surface area contributed by atoms with Crippen molar-refractivity contribution in [3.63, 3.8) is 0 Å². The van der Waals surface area contributed by atoms with Gasteiger partial charge in [0.15, 0.2) is 5.82 Å². The molecule has 16 heavy (non-hydrogen) atoms. The van der Waals surface area contributed by atoms with Crippen molar-refractivity contribution in [3.8, 4) is 5.69 Å². The first-order chi connectivity index (χ1) is 7.59. The molecule has 0 aliphatic rings. The Morgan fingerprint density at radius 1 is 1.44 bits per heavy atom. The Hall–Kier alpha value is -1.69. The van der Waals surface area contributed by atoms with Gasteiger partial charge in [-0.3, -0.25) is 9.36 Å². The van der Waals surface area contributed by atoms with E-state index in [-0.39, 0.29) is 11.5 Å². The first-order valence-electron chi connectivity index (χ1n) is 4.38. The number of hydrogen-bond acceptors (Lipinski definition) is 3. The Balaban J connectivity index is 2.68. The average molecular weight is 284 g/mol. The van der Waals surface area contributed by atoms with E-state index in [0.29, 0.717) is 4.47 Å². The summed E-state index contributed by atoms with van der Waals surface area (Å²) < 4.78 is 15.3. The van der Waals surface area contributed by atoms with Crippen LogP contribution in [0.1, 0.15) is 0 Å². The molecule has 0 fully saturated rings. The van der Waals surface area contributed by atoms with Gasteiger partial charge in [0.05, 0.1) is 5.69 Å². The highest BCUT2D eigenvalue weighted by Gasteiger charge is 2.08. The van der Waals surface area contributed by atoms with E-state index in [9.17, 15) is 9.18 Å². The molecule has 0 aliphatic carbocycles. The van der Waals surface area contributed by atoms with E-state index in [1.165, 1.54) is 24.5 Å². The summed E-state index contributed by atoms with van der Waals surface area (Å²) in [5.41, 5.74) is 4.96. The molecule has 0 saturated heterocycles. The molecular weight excluding hydrogens is 277 g/mol. The molecule has 1 aromatic carbocycles. The minimum absolute atomic E-state index is 0.141. The highest BCUT2D eigenvalue weighted by Crippen LogP contribution is 2.17. The van der Waals surface area contributed by atoms with Gasteiger partial charge < -0.3 is 5.73 Å². The minimum Gasteiger partial charge on any atom is -0.379 e. The van der Waals surface area contributed by atoms with Crippen molar-refractivity contribution in [2.24, 2.45) is 0 Å². The van der Waals surface area contributed by atoms with Crippen LogP contribution in [-0.2, 0) is 0 Å². The van der Waals surface area contributed by atoms with Crippen molar-refractivity contribution >= 4 is 21.7 Å². The van der Waals surface area contributed by atoms with E-state index >= 15 is 0 Å². The SMILES string of the molecule is Nc1nccn(-c2ccc(Br)cc2F)c1=O. The van der Waals surface area contributed by atoms with Crippen LogP contribution in [0.15, 0.2) is 39.9 Å². The van der Waals surface area contributed by atoms with Crippen molar-refractivity contribution in [2.75, 3.05) is 5.73 Å². The van der Waals surface area contributed by atoms with Gasteiger partial charge in [-0.2, -0.15) is 0 Å². The summed E-state index contributed by atoms with van der Waals surface area (Å²) in [6.45, 7) is 0. The summed E-state index contributed by atoms with van der Waals surface area (Å²) in [6, 6.07) is 4.40. The van der Waals surface area contributed by atoms with Gasteiger partial charge in [0.25, 0.3) is 5.56 Å². The zero-order chi connectivity index (χ0) is 11.7. The van der Waals surface area contributed by atoms with E-state index in [2.05, 4.69) is 20.9 Å². The second-order valence-electron chi connectivity index (χ2n) is 3.08. The molecule has 1 aromatic heterocycles. The Bertz CT molecular complexity index is 597. The number of rotatable bonds is 1. The third kappa shape index (κ3) is 1.83. The van der Waals surface area contributed by atoms with Crippen LogP contribution in [0.3, 0.4) is 0 Å². The Morgan fingerprint density at radius 2 is 2.19 bits per heavy atom. The zero-order valence-electron chi connectivity index (χ0n) is 8.02. The fourth-order valence-corrected chi connectivity index (χ4v) is 1.63. The van der Waals surface area contributed by atoms with Crippen molar-refractivity contribution in [1.29, 1.82) is 0 Å². The highest BCUT2D eigenvalue weighted by molar-refractivity contribution is 9.10. The van der Waals surface area contributed by atoms with Crippen LogP contribution in [0, 0.1) is 5.82 Å². The molecule has 0 bridgehead atoms. The molecule has 0 aliphatic heterocycles. The maximum atomic E-state index is 13.6. The molecule has 0 spiro atoms. The van der Waals surface area contributed by atoms with Gasteiger partial charge in [0.2, 0.25) is 0 Å². The number of halogens is 2. The van der Waals surface area contributed by atoms with Crippen LogP contribution in [-0.4, -0.2) is 9.55 Å². The molecule has 0 saturated carbocycles. The maximum Gasteiger partial charge on any atom is 0.297 e. The number of benzene rings is 1. The largest absolute Gasteiger partial charge is 0.379 e. The maximum absolute atomic E-state index is 13.6. The third-order valence-corrected chi connectivity index (χ3v) is 2.53. The fourth-order valence-electron chi connectivity index (χ4n) is 1.29. The number of nitrogens with zero attached hydrogens (tertiary/aromatic N) is 2. The molecule has 4 nitrogen and oxygen atoms in total. The van der Waals surface area contributed by atoms with Crippen LogP contribution in [0.5, 0.6) is 0 Å². The molecule has 2 N–H and O–H groups in total. The molecule has 0 radical (unpaired) electrons. The van der Waals surface area contributed by atoms with Gasteiger partial charge in [-0.05, 0) is 18.2 Å². The van der Waals surface area contributed by atoms with Gasteiger partial charge in [0, 0.05) is 16.9 Å². The van der Waals surface area contributed by atoms with Crippen molar-refractivity contribution < 1.29 is 4.39 Å². The number of nitrogen functional groups attached to an aromatic ring is 1. The number of anilines is 1. The summed E-state index contributed by atoms with van der Waals surface area (Å²) in [4.78, 5) is 15.2. The zero-order valence-corrected chi connectivity index (χ0v) is 9.61. The lowest BCUT2D eigenvalue weighted by Gasteiger charge is -2.07. The van der Waals surface area contributed by atoms with Gasteiger partial charge in [-0.1, -0.05) is 15.9 Å². The van der Waals surface area contributed by atoms with E-state index < -0.39 is 11.4 Å². The predicted octanol–water partition coefficient (Wildman–Crippen LogP) is 1.72. The molecule has 0 amide bonds. The summed E-state index contributed by atoms with van der Waals surface area (Å²) >= 11 is 3.14. The summed E-state index contributed by atoms with van der Waals surface area (Å²) in [6.07, 6.45) is 2.71. The molecule has 1 heterocycles. The second kappa shape index (κ2) is 4.05. The Kier molecular flexibility index (Phi) is 2.74. The summed E-state index contributed by atoms with van der Waals surface area (Å²) in [5, 5.41) is 0. The lowest BCUT2D eigenvalue weighted by Crippen LogP contribution is -2.22. The fraction of sp³-hybridized carbons (Fsp3) is 0. The molecule has 0 atom stereocenters. The van der Waals surface area contributed by atoms with E-state index in [1.54, 1.807) is 6.07 Å². The van der Waals surface area contributed by atoms with E-state index in [0.717, 1.165) is 4.57 Å². The van der Waals surface area contributed by atoms with Crippen LogP contribution >= 0.6 is 15.9 Å². The summed E-state index contributed by atoms with van der Waals surface area (Å²) in [5.74, 6) is -0.674. The lowest BCUT2D eigenvalue weighted by atomic mass is 10.3. The molecule has 2 aromatic rings. The molecule has 2 rings (SSSR count). The molecule has 82 valence electrons. The van der Waals surface area contributed by atoms with Crippen LogP contribution in [0.2, 0.25) is 0 Å². The number of aromatic nitrogens is 2. The second-order valence-corrected chi connectivity index (χ2v) is 4.00. The predicted molar refractivity (Wildman–Crippen MR) is 61.9 cm³/mol. The van der Waals surface area contributed by atoms with E-state index in [4.69, 9.17) is 5.73 Å². The average Bonchev–Trinajstić information content (AvgIpc) is 2.23. The lowest BCUT2D eigenvalue weighted by molar-refractivity contribution is 0.615. The minimum atomic E-state index is -0.538. The molecular formula is C10H7BrFN3O. The van der Waals surface area contributed by atoms with Crippen molar-refractivity contribution in [2.45, 2.75) is 0 Å². The Labute approximate surface area is 98.7 Å². The molecule has 6 heteroatoms. The highest BCUT2D eigenvalue weighted by atomic mass is 79.9. The normalized spacial score (nSPS) is 10.4. The smallest absolute Gasteiger partial charge is 0.297 e. The van der Waals surface area contributed by atoms with Crippen molar-refractivity contribution in [1.82, 2.24) is 9.55 Å². The van der Waals surface area contributed by atoms with Crippen molar-refractivity contribution in [3.05, 3.63) is 51.2 Å². The first-order valence-corrected chi connectivity index (χ1v) is 5.17. The quantitative estimate of drug-likeness (QED) is 0.867. The monoisotopic (exact) mass is 283 g/mol. The number of hydrogen-bond donors (Lipinski definition) is 1. The number of nitrogens with two attached hydrogens (primary N) is 1. The first kappa shape index (κ1) is 10.8. The van der Waals surface area contributed by atoms with E-state index in [1.807, 2.05) is 0 Å². The van der Waals surface area contributed by atoms with Crippen LogP contribution in [0.25, 0.3) is 5.69 Å². The standard InChI is InChI=1S/C10H7BrFN3O/c11-6-1-2-8(7(12)5-6)15-4-3-14-9(13)10(15)16/h1-5H,(H2,13,14). The molecule has 0 unspecified atom stereocenters. The van der Waals surface area contributed by atoms with Gasteiger partial charge in [0.1, 0.15) is 5.82 Å². The van der Waals surface area contributed by atoms with Crippen LogP contribution in [0.4, 0.5) is 10.2 Å². The third-order valence-electron chi connectivity index (χ3n) is 2.04. The summed E-state index contributed by atoms with van der Waals surface area (Å²) in [7, 11) is 0.